The molecule has 18 N–H and O–H groups in total. The van der Waals surface area contributed by atoms with Crippen LogP contribution < -0.4 is 42.5 Å². The summed E-state index contributed by atoms with van der Waals surface area (Å²) < 4.78 is 74.9. The lowest BCUT2D eigenvalue weighted by molar-refractivity contribution is -0.272. The van der Waals surface area contributed by atoms with Gasteiger partial charge in [-0.3, -0.25) is 47.4 Å². The van der Waals surface area contributed by atoms with Crippen molar-refractivity contribution in [1.82, 2.24) is 42.5 Å². The van der Waals surface area contributed by atoms with Crippen molar-refractivity contribution in [3.8, 4) is 0 Å². The van der Waals surface area contributed by atoms with Crippen molar-refractivity contribution >= 4 is 54.9 Å². The van der Waals surface area contributed by atoms with E-state index < -0.39 is 201 Å². The van der Waals surface area contributed by atoms with Gasteiger partial charge in [0, 0.05) is 59.7 Å². The zero-order valence-electron chi connectivity index (χ0n) is 58.0. The molecule has 0 saturated carbocycles. The van der Waals surface area contributed by atoms with Crippen LogP contribution in [-0.4, -0.2) is 324 Å². The fourth-order valence-corrected chi connectivity index (χ4v) is 10.9. The molecule has 39 heteroatoms. The van der Waals surface area contributed by atoms with Crippen molar-refractivity contribution in [3.05, 3.63) is 0 Å². The van der Waals surface area contributed by atoms with Crippen LogP contribution in [0, 0.1) is 0 Å². The van der Waals surface area contributed by atoms with Crippen LogP contribution in [0.3, 0.4) is 0 Å². The number of ether oxygens (including phenoxy) is 10. The van der Waals surface area contributed by atoms with Gasteiger partial charge in [-0.2, -0.15) is 0 Å². The third kappa shape index (κ3) is 31.3. The maximum Gasteiger partial charge on any atom is 0.333 e. The Morgan fingerprint density at radius 1 is 0.455 bits per heavy atom. The molecule has 3 aliphatic heterocycles. The number of carbonyl (C=O) groups is 8. The highest BCUT2D eigenvalue weighted by Gasteiger charge is 2.48. The van der Waals surface area contributed by atoms with E-state index in [1.54, 1.807) is 48.5 Å². The van der Waals surface area contributed by atoms with Crippen molar-refractivity contribution in [2.24, 2.45) is 0 Å². The fraction of sp³-hybridized carbons (Fsp3) is 0.867. The van der Waals surface area contributed by atoms with Gasteiger partial charge in [-0.25, -0.2) is 0 Å². The minimum atomic E-state index is -4.11. The Kier molecular flexibility index (Phi) is 38.7. The summed E-state index contributed by atoms with van der Waals surface area (Å²) in [6.07, 6.45) is -18.3. The first-order valence-corrected chi connectivity index (χ1v) is 34.3. The second-order valence-corrected chi connectivity index (χ2v) is 28.7. The average molecular weight is 1450 g/mol. The Hall–Kier alpha value is -4.85. The summed E-state index contributed by atoms with van der Waals surface area (Å²) in [6, 6.07) is -6.34. The maximum absolute atomic E-state index is 13.9. The van der Waals surface area contributed by atoms with Gasteiger partial charge in [0.05, 0.1) is 102 Å². The second kappa shape index (κ2) is 43.3. The molecule has 574 valence electrons. The zero-order chi connectivity index (χ0) is 74.4. The highest BCUT2D eigenvalue weighted by molar-refractivity contribution is 7.54. The van der Waals surface area contributed by atoms with E-state index in [-0.39, 0.29) is 118 Å². The third-order valence-electron chi connectivity index (χ3n) is 15.5. The van der Waals surface area contributed by atoms with Crippen molar-refractivity contribution in [1.29, 1.82) is 0 Å². The average Bonchev–Trinajstić information content (AvgIpc) is 0.831. The molecule has 3 saturated heterocycles. The number of aliphatic hydroxyl groups excluding tert-OH is 9. The van der Waals surface area contributed by atoms with Crippen LogP contribution in [0.2, 0.25) is 0 Å². The summed E-state index contributed by atoms with van der Waals surface area (Å²) >= 11 is 0. The van der Waals surface area contributed by atoms with Gasteiger partial charge in [0.1, 0.15) is 85.1 Å². The third-order valence-corrected chi connectivity index (χ3v) is 18.0. The lowest BCUT2D eigenvalue weighted by Crippen LogP contribution is -2.64. The van der Waals surface area contributed by atoms with Crippen LogP contribution >= 0.6 is 7.60 Å². The molecule has 3 aliphatic rings. The molecule has 99 heavy (non-hydrogen) atoms. The molecule has 0 aromatic rings. The molecule has 0 aromatic heterocycles. The lowest BCUT2D eigenvalue weighted by atomic mass is 9.97. The Bertz CT molecular complexity index is 2560. The number of nitrogens with one attached hydrogen (secondary N) is 8. The quantitative estimate of drug-likeness (QED) is 0.0199. The zero-order valence-corrected chi connectivity index (χ0v) is 58.9. The summed E-state index contributed by atoms with van der Waals surface area (Å²) in [5, 5.41) is 111. The van der Waals surface area contributed by atoms with Crippen molar-refractivity contribution < 1.29 is 146 Å². The van der Waals surface area contributed by atoms with E-state index in [1.807, 2.05) is 0 Å². The molecule has 0 radical (unpaired) electrons. The minimum Gasteiger partial charge on any atom is -0.394 e. The molecule has 0 aromatic carbocycles. The molecular formula is C60H109N8O30P. The Morgan fingerprint density at radius 3 is 1.12 bits per heavy atom. The van der Waals surface area contributed by atoms with E-state index in [9.17, 15) is 93.8 Å². The van der Waals surface area contributed by atoms with E-state index in [0.717, 1.165) is 0 Å². The number of rotatable bonds is 45. The van der Waals surface area contributed by atoms with E-state index in [1.165, 1.54) is 20.8 Å². The van der Waals surface area contributed by atoms with Gasteiger partial charge >= 0.3 is 7.60 Å². The molecule has 18 atom stereocenters. The topological polar surface area (TPSA) is 554 Å². The minimum absolute atomic E-state index is 0.0395. The number of carbonyl (C=O) groups excluding carboxylic acids is 8. The van der Waals surface area contributed by atoms with Crippen LogP contribution in [0.4, 0.5) is 0 Å². The van der Waals surface area contributed by atoms with Gasteiger partial charge in [-0.15, -0.1) is 0 Å². The molecule has 38 nitrogen and oxygen atoms in total. The molecule has 3 fully saturated rings. The predicted molar refractivity (Wildman–Crippen MR) is 342 cm³/mol. The number of amides is 8. The van der Waals surface area contributed by atoms with Crippen LogP contribution in [0.25, 0.3) is 0 Å². The Labute approximate surface area is 575 Å². The number of hydrogen-bond donors (Lipinski definition) is 18. The maximum atomic E-state index is 13.9. The molecule has 8 amide bonds. The van der Waals surface area contributed by atoms with Crippen LogP contribution in [0.15, 0.2) is 0 Å². The smallest absolute Gasteiger partial charge is 0.333 e. The highest BCUT2D eigenvalue weighted by atomic mass is 31.2. The van der Waals surface area contributed by atoms with E-state index in [2.05, 4.69) is 42.5 Å². The summed E-state index contributed by atoms with van der Waals surface area (Å²) in [6.45, 7) is 11.1. The van der Waals surface area contributed by atoms with Crippen LogP contribution in [0.5, 0.6) is 0 Å². The van der Waals surface area contributed by atoms with Crippen molar-refractivity contribution in [3.63, 3.8) is 0 Å². The standard InChI is InChI=1S/C60H109N8O30P/c1-33(72)64-44-50(81)47(78)38(29-69)95-55(44)91-26-23-88-20-17-61-41(75)13-11-36(53(84)62-18-21-89-24-27-92-56-45(65-34(2)73)51(82)48(79)39(30-70)96-56)67-42(76)14-12-37(68-43(77)15-16-59(7,8)94-32-60(9,10)98-99(86,87)58(4,5)6)54(85)63-19-22-90-25-28-93-57-46(66-35(3)74)52(83)49(80)40(31-71)97-57/h36-40,44-52,55-57,69-71,78-83H,11-32H2,1-10H3,(H,61,75)(H,62,84)(H,63,85)(H,64,72)(H,65,73)(H,66,74)(H,67,76)(H,68,77)(H,86,87). The highest BCUT2D eigenvalue weighted by Crippen LogP contribution is 2.57. The normalized spacial score (nSPS) is 27.1. The first kappa shape index (κ1) is 88.4. The number of aliphatic hydroxyl groups is 9. The second-order valence-electron chi connectivity index (χ2n) is 26.1. The first-order valence-electron chi connectivity index (χ1n) is 32.7. The monoisotopic (exact) mass is 1450 g/mol. The summed E-state index contributed by atoms with van der Waals surface area (Å²) in [5.41, 5.74) is -2.25. The SMILES string of the molecule is CC(=O)NC1C(OCCOCCNC(=O)CCC(NC(=O)CCC(NC(=O)CCC(C)(C)OCC(C)(C)OP(=O)(O)C(C)(C)C)C(=O)NCCOCCOC2OC(CO)C(O)C(O)C2NC(C)=O)C(=O)NCCOCCOC2OC(CO)C(O)C(O)C2NC(C)=O)OC(CO)C(O)C1O. The van der Waals surface area contributed by atoms with Gasteiger partial charge in [-0.05, 0) is 67.7 Å². The lowest BCUT2D eigenvalue weighted by Gasteiger charge is -2.42. The molecule has 18 unspecified atom stereocenters. The van der Waals surface area contributed by atoms with Gasteiger partial charge in [0.2, 0.25) is 47.3 Å². The Morgan fingerprint density at radius 2 is 0.788 bits per heavy atom. The largest absolute Gasteiger partial charge is 0.394 e. The molecule has 3 heterocycles. The first-order chi connectivity index (χ1) is 46.4. The Balaban J connectivity index is 1.70. The molecule has 0 aliphatic carbocycles. The summed E-state index contributed by atoms with van der Waals surface area (Å²) in [7, 11) is -4.11. The van der Waals surface area contributed by atoms with Crippen LogP contribution in [0.1, 0.15) is 108 Å². The van der Waals surface area contributed by atoms with E-state index in [4.69, 9.17) is 51.9 Å². The van der Waals surface area contributed by atoms with Gasteiger partial charge in [-0.1, -0.05) is 0 Å². The fourth-order valence-electron chi connectivity index (χ4n) is 9.88. The number of hydrogen-bond acceptors (Lipinski definition) is 29. The van der Waals surface area contributed by atoms with Crippen LogP contribution in [-0.2, 0) is 94.8 Å². The summed E-state index contributed by atoms with van der Waals surface area (Å²) in [5.74, 6) is -5.18. The van der Waals surface area contributed by atoms with Gasteiger partial charge < -0.3 is 141 Å². The van der Waals surface area contributed by atoms with E-state index in [0.29, 0.717) is 0 Å². The molecule has 3 rings (SSSR count). The summed E-state index contributed by atoms with van der Waals surface area (Å²) in [4.78, 5) is 114. The molecule has 0 spiro atoms. The van der Waals surface area contributed by atoms with E-state index >= 15 is 0 Å². The van der Waals surface area contributed by atoms with Crippen molar-refractivity contribution in [2.45, 2.75) is 228 Å². The van der Waals surface area contributed by atoms with Gasteiger partial charge in [0.15, 0.2) is 18.9 Å². The molecular weight excluding hydrogens is 1340 g/mol. The van der Waals surface area contributed by atoms with Crippen molar-refractivity contribution in [2.75, 3.05) is 106 Å². The van der Waals surface area contributed by atoms with Gasteiger partial charge in [0.25, 0.3) is 0 Å². The predicted octanol–water partition coefficient (Wildman–Crippen LogP) is -6.85. The molecule has 0 bridgehead atoms.